The van der Waals surface area contributed by atoms with Crippen LogP contribution in [0, 0.1) is 0 Å². The Bertz CT molecular complexity index is 1790. The maximum Gasteiger partial charge on any atom is 0.264 e. The van der Waals surface area contributed by atoms with Crippen LogP contribution in [0.15, 0.2) is 107 Å². The van der Waals surface area contributed by atoms with Crippen molar-refractivity contribution in [2.75, 3.05) is 30.3 Å². The van der Waals surface area contributed by atoms with E-state index in [9.17, 15) is 18.0 Å². The normalized spacial score (nSPS) is 11.9. The van der Waals surface area contributed by atoms with Crippen molar-refractivity contribution in [3.63, 3.8) is 0 Å². The molecule has 260 valence electrons. The number of carbonyl (C=O) groups is 2. The lowest BCUT2D eigenvalue weighted by atomic mass is 10.0. The van der Waals surface area contributed by atoms with E-state index in [1.54, 1.807) is 54.6 Å². The molecule has 0 aromatic heterocycles. The van der Waals surface area contributed by atoms with Gasteiger partial charge < -0.3 is 15.0 Å². The van der Waals surface area contributed by atoms with Gasteiger partial charge in [-0.05, 0) is 91.4 Å². The second-order valence-electron chi connectivity index (χ2n) is 11.2. The van der Waals surface area contributed by atoms with E-state index in [0.717, 1.165) is 27.6 Å². The molecule has 0 radical (unpaired) electrons. The number of nitrogens with one attached hydrogen (secondary N) is 1. The Morgan fingerprint density at radius 2 is 1.57 bits per heavy atom. The maximum absolute atomic E-state index is 14.6. The van der Waals surface area contributed by atoms with Gasteiger partial charge in [-0.1, -0.05) is 72.9 Å². The van der Waals surface area contributed by atoms with Crippen molar-refractivity contribution < 1.29 is 22.7 Å². The van der Waals surface area contributed by atoms with E-state index in [1.807, 2.05) is 50.4 Å². The molecule has 8 nitrogen and oxygen atoms in total. The molecular formula is C37H41Cl2N3O5S2. The Morgan fingerprint density at radius 1 is 0.878 bits per heavy atom. The van der Waals surface area contributed by atoms with E-state index < -0.39 is 28.5 Å². The maximum atomic E-state index is 14.6. The van der Waals surface area contributed by atoms with Crippen LogP contribution in [0.3, 0.4) is 0 Å². The van der Waals surface area contributed by atoms with Gasteiger partial charge in [0.05, 0.1) is 27.2 Å². The van der Waals surface area contributed by atoms with Gasteiger partial charge >= 0.3 is 0 Å². The minimum atomic E-state index is -4.24. The Balaban J connectivity index is 1.80. The molecule has 2 amide bonds. The quantitative estimate of drug-likeness (QED) is 0.0875. The van der Waals surface area contributed by atoms with Crippen molar-refractivity contribution in [3.8, 4) is 5.75 Å². The smallest absolute Gasteiger partial charge is 0.264 e. The number of thioether (sulfide) groups is 1. The first-order valence-electron chi connectivity index (χ1n) is 16.0. The number of carbonyl (C=O) groups excluding carboxylic acids is 2. The highest BCUT2D eigenvalue weighted by atomic mass is 35.5. The molecule has 1 atom stereocenters. The minimum absolute atomic E-state index is 0.0198. The number of unbranched alkanes of at least 4 members (excludes halogenated alkanes) is 1. The second kappa shape index (κ2) is 18.3. The molecule has 4 aromatic carbocycles. The Hall–Kier alpha value is -3.70. The lowest BCUT2D eigenvalue weighted by Gasteiger charge is -2.34. The van der Waals surface area contributed by atoms with Crippen molar-refractivity contribution in [2.24, 2.45) is 0 Å². The molecule has 4 aromatic rings. The summed E-state index contributed by atoms with van der Waals surface area (Å²) < 4.78 is 35.3. The predicted octanol–water partition coefficient (Wildman–Crippen LogP) is 7.87. The van der Waals surface area contributed by atoms with Gasteiger partial charge in [0.2, 0.25) is 11.8 Å². The number of halogens is 2. The number of hydrogen-bond acceptors (Lipinski definition) is 6. The number of hydrogen-bond donors (Lipinski definition) is 1. The van der Waals surface area contributed by atoms with Crippen LogP contribution in [0.25, 0.3) is 0 Å². The highest BCUT2D eigenvalue weighted by molar-refractivity contribution is 7.98. The molecule has 0 aliphatic carbocycles. The summed E-state index contributed by atoms with van der Waals surface area (Å²) in [5.41, 5.74) is 1.74. The van der Waals surface area contributed by atoms with Crippen molar-refractivity contribution >= 4 is 62.5 Å². The highest BCUT2D eigenvalue weighted by Gasteiger charge is 2.34. The summed E-state index contributed by atoms with van der Waals surface area (Å²) in [5, 5.41) is 3.63. The van der Waals surface area contributed by atoms with Gasteiger partial charge in [-0.2, -0.15) is 0 Å². The van der Waals surface area contributed by atoms with Crippen molar-refractivity contribution in [3.05, 3.63) is 118 Å². The summed E-state index contributed by atoms with van der Waals surface area (Å²) in [4.78, 5) is 30.9. The third-order valence-corrected chi connectivity index (χ3v) is 11.1. The van der Waals surface area contributed by atoms with E-state index >= 15 is 0 Å². The zero-order chi connectivity index (χ0) is 35.4. The van der Waals surface area contributed by atoms with Gasteiger partial charge in [0.15, 0.2) is 0 Å². The van der Waals surface area contributed by atoms with Gasteiger partial charge in [-0.25, -0.2) is 8.42 Å². The van der Waals surface area contributed by atoms with E-state index in [0.29, 0.717) is 34.5 Å². The first kappa shape index (κ1) is 38.1. The molecule has 1 unspecified atom stereocenters. The molecule has 4 rings (SSSR count). The number of ether oxygens (including phenoxy) is 1. The first-order valence-corrected chi connectivity index (χ1v) is 19.4. The summed E-state index contributed by atoms with van der Waals surface area (Å²) in [5.74, 6) is -0.350. The van der Waals surface area contributed by atoms with Crippen molar-refractivity contribution in [2.45, 2.75) is 55.5 Å². The minimum Gasteiger partial charge on any atom is -0.494 e. The molecule has 1 N–H and O–H groups in total. The summed E-state index contributed by atoms with van der Waals surface area (Å²) in [6.45, 7) is 4.17. The largest absolute Gasteiger partial charge is 0.494 e. The zero-order valence-electron chi connectivity index (χ0n) is 27.8. The highest BCUT2D eigenvalue weighted by Crippen LogP contribution is 2.29. The second-order valence-corrected chi connectivity index (χ2v) is 14.8. The number of sulfonamides is 1. The van der Waals surface area contributed by atoms with Gasteiger partial charge in [0.1, 0.15) is 18.3 Å². The van der Waals surface area contributed by atoms with E-state index in [1.165, 1.54) is 28.8 Å². The summed E-state index contributed by atoms with van der Waals surface area (Å²) in [6.07, 6.45) is 3.75. The third-order valence-electron chi connectivity index (χ3n) is 7.80. The molecule has 0 heterocycles. The van der Waals surface area contributed by atoms with Crippen LogP contribution in [0.2, 0.25) is 10.0 Å². The first-order chi connectivity index (χ1) is 23.6. The summed E-state index contributed by atoms with van der Waals surface area (Å²) >= 11 is 14.1. The molecule has 0 spiro atoms. The molecule has 49 heavy (non-hydrogen) atoms. The van der Waals surface area contributed by atoms with Crippen LogP contribution in [0.1, 0.15) is 37.8 Å². The zero-order valence-corrected chi connectivity index (χ0v) is 30.9. The van der Waals surface area contributed by atoms with Gasteiger partial charge in [0, 0.05) is 24.4 Å². The van der Waals surface area contributed by atoms with Crippen LogP contribution in [0.4, 0.5) is 5.69 Å². The molecule has 12 heteroatoms. The van der Waals surface area contributed by atoms with Crippen LogP contribution < -0.4 is 14.4 Å². The number of nitrogens with zero attached hydrogens (tertiary/aromatic N) is 2. The van der Waals surface area contributed by atoms with E-state index in [4.69, 9.17) is 27.9 Å². The van der Waals surface area contributed by atoms with Crippen molar-refractivity contribution in [1.82, 2.24) is 10.2 Å². The fourth-order valence-corrected chi connectivity index (χ4v) is 7.32. The average Bonchev–Trinajstić information content (AvgIpc) is 3.11. The fraction of sp³-hybridized carbons (Fsp3) is 0.297. The van der Waals surface area contributed by atoms with Crippen molar-refractivity contribution in [1.29, 1.82) is 0 Å². The molecule has 0 aliphatic heterocycles. The van der Waals surface area contributed by atoms with Gasteiger partial charge in [0.25, 0.3) is 10.0 Å². The Morgan fingerprint density at radius 3 is 2.18 bits per heavy atom. The lowest BCUT2D eigenvalue weighted by molar-refractivity contribution is -0.140. The standard InChI is InChI=1S/C37H41Cl2N3O5S2/c1-4-6-22-40-37(44)35(24-27-10-8-7-9-11-27)41(25-28-12-21-33(38)34(39)23-28)36(43)26-42(29-13-15-30(16-14-29)47-5-2)49(45,46)32-19-17-31(48-3)18-20-32/h7-21,23,35H,4-6,22,24-26H2,1-3H3,(H,40,44). The SMILES string of the molecule is CCCCNC(=O)C(Cc1ccccc1)N(Cc1ccc(Cl)c(Cl)c1)C(=O)CN(c1ccc(OCC)cc1)S(=O)(=O)c1ccc(SC)cc1. The lowest BCUT2D eigenvalue weighted by Crippen LogP contribution is -2.53. The van der Waals surface area contributed by atoms with Crippen LogP contribution in [0.5, 0.6) is 5.75 Å². The van der Waals surface area contributed by atoms with E-state index in [2.05, 4.69) is 5.32 Å². The molecule has 0 fully saturated rings. The topological polar surface area (TPSA) is 96.0 Å². The molecular weight excluding hydrogens is 701 g/mol. The van der Waals surface area contributed by atoms with Gasteiger partial charge in [-0.3, -0.25) is 13.9 Å². The number of rotatable bonds is 17. The Kier molecular flexibility index (Phi) is 14.3. The number of amides is 2. The summed E-state index contributed by atoms with van der Waals surface area (Å²) in [7, 11) is -4.24. The molecule has 0 bridgehead atoms. The molecule has 0 saturated carbocycles. The average molecular weight is 743 g/mol. The fourth-order valence-electron chi connectivity index (χ4n) is 5.17. The van der Waals surface area contributed by atoms with Crippen LogP contribution in [-0.4, -0.2) is 57.1 Å². The summed E-state index contributed by atoms with van der Waals surface area (Å²) in [6, 6.07) is 26.5. The molecule has 0 saturated heterocycles. The monoisotopic (exact) mass is 741 g/mol. The Labute approximate surface area is 303 Å². The van der Waals surface area contributed by atoms with Crippen LogP contribution >= 0.6 is 35.0 Å². The number of anilines is 1. The van der Waals surface area contributed by atoms with Crippen LogP contribution in [-0.2, 0) is 32.6 Å². The predicted molar refractivity (Wildman–Crippen MR) is 199 cm³/mol. The third kappa shape index (κ3) is 10.4. The number of benzene rings is 4. The van der Waals surface area contributed by atoms with Gasteiger partial charge in [-0.15, -0.1) is 11.8 Å². The van der Waals surface area contributed by atoms with E-state index in [-0.39, 0.29) is 29.5 Å². The molecule has 0 aliphatic rings.